The molecule has 0 unspecified atom stereocenters. The molecule has 2 aromatic rings. The Kier molecular flexibility index (Phi) is 4.04. The fourth-order valence-corrected chi connectivity index (χ4v) is 3.00. The summed E-state index contributed by atoms with van der Waals surface area (Å²) in [5.41, 5.74) is 4.10. The average molecular weight is 282 g/mol. The number of hydrogen-bond donors (Lipinski definition) is 1. The number of nitrogens with zero attached hydrogens (tertiary/aromatic N) is 3. The van der Waals surface area contributed by atoms with Gasteiger partial charge in [0.25, 0.3) is 0 Å². The van der Waals surface area contributed by atoms with Crippen molar-refractivity contribution in [1.82, 2.24) is 9.97 Å². The minimum Gasteiger partial charge on any atom is -0.370 e. The summed E-state index contributed by atoms with van der Waals surface area (Å²) >= 11 is 0. The van der Waals surface area contributed by atoms with Crippen molar-refractivity contribution >= 4 is 11.6 Å². The highest BCUT2D eigenvalue weighted by Gasteiger charge is 2.20. The lowest BCUT2D eigenvalue weighted by atomic mass is 9.99. The molecule has 0 aliphatic carbocycles. The van der Waals surface area contributed by atoms with Gasteiger partial charge in [0, 0.05) is 25.2 Å². The van der Waals surface area contributed by atoms with Crippen molar-refractivity contribution in [2.75, 3.05) is 23.3 Å². The Bertz CT molecular complexity index is 624. The van der Waals surface area contributed by atoms with Crippen molar-refractivity contribution in [3.05, 3.63) is 47.3 Å². The van der Waals surface area contributed by atoms with Crippen LogP contribution in [0, 0.1) is 0 Å². The Balaban J connectivity index is 1.93. The summed E-state index contributed by atoms with van der Waals surface area (Å²) in [6.45, 7) is 7.10. The summed E-state index contributed by atoms with van der Waals surface area (Å²) in [6, 6.07) is 8.70. The number of fused-ring (bicyclic) bond motifs is 1. The maximum atomic E-state index is 4.56. The number of benzene rings is 1. The lowest BCUT2D eigenvalue weighted by molar-refractivity contribution is 0.713. The first-order chi connectivity index (χ1) is 10.3. The Labute approximate surface area is 126 Å². The molecule has 4 nitrogen and oxygen atoms in total. The highest BCUT2D eigenvalue weighted by molar-refractivity contribution is 5.59. The molecule has 0 saturated carbocycles. The van der Waals surface area contributed by atoms with E-state index in [1.54, 1.807) is 6.33 Å². The second kappa shape index (κ2) is 6.12. The first-order valence-corrected chi connectivity index (χ1v) is 7.73. The summed E-state index contributed by atoms with van der Waals surface area (Å²) in [5.74, 6) is 2.06. The molecular weight excluding hydrogens is 260 g/mol. The molecule has 21 heavy (non-hydrogen) atoms. The van der Waals surface area contributed by atoms with Gasteiger partial charge >= 0.3 is 0 Å². The van der Waals surface area contributed by atoms with Gasteiger partial charge in [-0.3, -0.25) is 0 Å². The van der Waals surface area contributed by atoms with Gasteiger partial charge in [0.1, 0.15) is 18.0 Å². The molecule has 4 heteroatoms. The van der Waals surface area contributed by atoms with Gasteiger partial charge in [-0.05, 0) is 30.9 Å². The molecule has 1 aromatic heterocycles. The molecule has 0 atom stereocenters. The van der Waals surface area contributed by atoms with E-state index in [1.807, 2.05) is 0 Å². The predicted molar refractivity (Wildman–Crippen MR) is 86.8 cm³/mol. The van der Waals surface area contributed by atoms with E-state index in [2.05, 4.69) is 58.3 Å². The van der Waals surface area contributed by atoms with Crippen molar-refractivity contribution in [3.8, 4) is 0 Å². The lowest BCUT2D eigenvalue weighted by Gasteiger charge is -2.31. The number of rotatable bonds is 4. The van der Waals surface area contributed by atoms with Crippen molar-refractivity contribution in [2.24, 2.45) is 0 Å². The largest absolute Gasteiger partial charge is 0.370 e. The molecule has 0 bridgehead atoms. The van der Waals surface area contributed by atoms with Crippen molar-refractivity contribution < 1.29 is 0 Å². The van der Waals surface area contributed by atoms with Gasteiger partial charge < -0.3 is 10.2 Å². The summed E-state index contributed by atoms with van der Waals surface area (Å²) < 4.78 is 0. The maximum Gasteiger partial charge on any atom is 0.137 e. The van der Waals surface area contributed by atoms with Crippen LogP contribution >= 0.6 is 0 Å². The third kappa shape index (κ3) is 2.71. The van der Waals surface area contributed by atoms with Crippen LogP contribution < -0.4 is 10.2 Å². The van der Waals surface area contributed by atoms with E-state index >= 15 is 0 Å². The fraction of sp³-hybridized carbons (Fsp3) is 0.412. The quantitative estimate of drug-likeness (QED) is 0.936. The molecular formula is C17H22N4. The molecule has 1 aliphatic heterocycles. The molecule has 110 valence electrons. The van der Waals surface area contributed by atoms with Crippen molar-refractivity contribution in [1.29, 1.82) is 0 Å². The standard InChI is InChI=1S/C17H22N4/c1-3-15-16(18-4-2)19-12-20-17(15)21-10-9-13-7-5-6-8-14(13)11-21/h5-8,12H,3-4,9-11H2,1-2H3,(H,18,19,20). The van der Waals surface area contributed by atoms with Gasteiger partial charge in [-0.1, -0.05) is 31.2 Å². The highest BCUT2D eigenvalue weighted by atomic mass is 15.2. The van der Waals surface area contributed by atoms with Crippen LogP contribution in [-0.4, -0.2) is 23.1 Å². The minimum atomic E-state index is 0.881. The Morgan fingerprint density at radius 2 is 1.95 bits per heavy atom. The average Bonchev–Trinajstić information content (AvgIpc) is 2.54. The zero-order valence-electron chi connectivity index (χ0n) is 12.8. The Hall–Kier alpha value is -2.10. The summed E-state index contributed by atoms with van der Waals surface area (Å²) in [4.78, 5) is 11.3. The summed E-state index contributed by atoms with van der Waals surface area (Å²) in [7, 11) is 0. The summed E-state index contributed by atoms with van der Waals surface area (Å²) in [6.07, 6.45) is 3.70. The number of anilines is 2. The van der Waals surface area contributed by atoms with Crippen LogP contribution in [0.3, 0.4) is 0 Å². The minimum absolute atomic E-state index is 0.881. The molecule has 3 rings (SSSR count). The van der Waals surface area contributed by atoms with E-state index in [-0.39, 0.29) is 0 Å². The Morgan fingerprint density at radius 3 is 2.71 bits per heavy atom. The first-order valence-electron chi connectivity index (χ1n) is 7.73. The van der Waals surface area contributed by atoms with Crippen LogP contribution in [-0.2, 0) is 19.4 Å². The van der Waals surface area contributed by atoms with E-state index in [1.165, 1.54) is 16.7 Å². The van der Waals surface area contributed by atoms with Gasteiger partial charge in [-0.25, -0.2) is 9.97 Å². The molecule has 1 N–H and O–H groups in total. The number of nitrogens with one attached hydrogen (secondary N) is 1. The van der Waals surface area contributed by atoms with Crippen molar-refractivity contribution in [3.63, 3.8) is 0 Å². The Morgan fingerprint density at radius 1 is 1.14 bits per heavy atom. The SMILES string of the molecule is CCNc1ncnc(N2CCc3ccccc3C2)c1CC. The number of aromatic nitrogens is 2. The van der Waals surface area contributed by atoms with E-state index in [9.17, 15) is 0 Å². The van der Waals surface area contributed by atoms with Gasteiger partial charge in [0.15, 0.2) is 0 Å². The third-order valence-corrected chi connectivity index (χ3v) is 4.05. The fourth-order valence-electron chi connectivity index (χ4n) is 3.00. The molecule has 0 saturated heterocycles. The zero-order valence-corrected chi connectivity index (χ0v) is 12.8. The smallest absolute Gasteiger partial charge is 0.137 e. The second-order valence-electron chi connectivity index (χ2n) is 5.35. The molecule has 0 fully saturated rings. The van der Waals surface area contributed by atoms with E-state index < -0.39 is 0 Å². The monoisotopic (exact) mass is 282 g/mol. The molecule has 2 heterocycles. The molecule has 1 aliphatic rings. The highest BCUT2D eigenvalue weighted by Crippen LogP contribution is 2.28. The van der Waals surface area contributed by atoms with Gasteiger partial charge in [0.05, 0.1) is 0 Å². The molecule has 0 amide bonds. The van der Waals surface area contributed by atoms with Gasteiger partial charge in [0.2, 0.25) is 0 Å². The van der Waals surface area contributed by atoms with Crippen LogP contribution in [0.15, 0.2) is 30.6 Å². The normalized spacial score (nSPS) is 13.9. The van der Waals surface area contributed by atoms with Crippen molar-refractivity contribution in [2.45, 2.75) is 33.2 Å². The molecule has 0 spiro atoms. The molecule has 0 radical (unpaired) electrons. The van der Waals surface area contributed by atoms with Crippen LogP contribution in [0.25, 0.3) is 0 Å². The third-order valence-electron chi connectivity index (χ3n) is 4.05. The van der Waals surface area contributed by atoms with Crippen LogP contribution in [0.4, 0.5) is 11.6 Å². The van der Waals surface area contributed by atoms with Gasteiger partial charge in [-0.2, -0.15) is 0 Å². The zero-order chi connectivity index (χ0) is 14.7. The van der Waals surface area contributed by atoms with Crippen LogP contribution in [0.5, 0.6) is 0 Å². The van der Waals surface area contributed by atoms with E-state index in [0.717, 1.165) is 44.1 Å². The maximum absolute atomic E-state index is 4.56. The topological polar surface area (TPSA) is 41.1 Å². The lowest BCUT2D eigenvalue weighted by Crippen LogP contribution is -2.32. The molecule has 1 aromatic carbocycles. The van der Waals surface area contributed by atoms with Crippen LogP contribution in [0.2, 0.25) is 0 Å². The second-order valence-corrected chi connectivity index (χ2v) is 5.35. The number of hydrogen-bond acceptors (Lipinski definition) is 4. The van der Waals surface area contributed by atoms with Gasteiger partial charge in [-0.15, -0.1) is 0 Å². The predicted octanol–water partition coefficient (Wildman–Crippen LogP) is 3.03. The van der Waals surface area contributed by atoms with E-state index in [0.29, 0.717) is 0 Å². The van der Waals surface area contributed by atoms with Crippen LogP contribution in [0.1, 0.15) is 30.5 Å². The summed E-state index contributed by atoms with van der Waals surface area (Å²) in [5, 5.41) is 3.35. The van der Waals surface area contributed by atoms with E-state index in [4.69, 9.17) is 0 Å². The first kappa shape index (κ1) is 13.9.